The van der Waals surface area contributed by atoms with Gasteiger partial charge in [-0.25, -0.2) is 0 Å². The fraction of sp³-hybridized carbons (Fsp3) is 0.500. The van der Waals surface area contributed by atoms with Crippen molar-refractivity contribution in [3.05, 3.63) is 35.4 Å². The lowest BCUT2D eigenvalue weighted by Gasteiger charge is -2.36. The van der Waals surface area contributed by atoms with Gasteiger partial charge in [0, 0.05) is 26.3 Å². The molecule has 0 saturated carbocycles. The Morgan fingerprint density at radius 2 is 1.92 bits per heavy atom. The van der Waals surface area contributed by atoms with Crippen LogP contribution in [-0.4, -0.2) is 39.7 Å². The molecule has 0 bridgehead atoms. The first-order chi connectivity index (χ1) is 11.3. The fourth-order valence-corrected chi connectivity index (χ4v) is 3.24. The molecule has 0 radical (unpaired) electrons. The van der Waals surface area contributed by atoms with Gasteiger partial charge in [-0.1, -0.05) is 31.2 Å². The molecule has 0 fully saturated rings. The Bertz CT molecular complexity index is 644. The Morgan fingerprint density at radius 3 is 2.50 bits per heavy atom. The molecule has 1 aliphatic rings. The number of fused-ring (bicyclic) bond motifs is 1. The van der Waals surface area contributed by atoms with E-state index in [4.69, 9.17) is 10.8 Å². The van der Waals surface area contributed by atoms with Crippen LogP contribution in [0.4, 0.5) is 0 Å². The van der Waals surface area contributed by atoms with Crippen molar-refractivity contribution in [2.24, 2.45) is 11.7 Å². The largest absolute Gasteiger partial charge is 0.480 e. The Balaban J connectivity index is 2.09. The van der Waals surface area contributed by atoms with Crippen LogP contribution in [0.2, 0.25) is 0 Å². The number of rotatable bonds is 6. The van der Waals surface area contributed by atoms with Crippen molar-refractivity contribution in [2.45, 2.75) is 51.7 Å². The number of benzene rings is 1. The standard InChI is InChI=1S/C18H24N2O4/c1-11(7-15(19)18(23)24)8-17(22)16-9-13-5-3-4-6-14(13)10-20(16)12(2)21/h3-6,11,15-16H,7-10,19H2,1-2H3,(H,23,24)/t11?,15-,16?/m0/s1. The van der Waals surface area contributed by atoms with Gasteiger partial charge in [0.2, 0.25) is 5.91 Å². The molecule has 3 atom stereocenters. The molecule has 24 heavy (non-hydrogen) atoms. The summed E-state index contributed by atoms with van der Waals surface area (Å²) in [4.78, 5) is 37.1. The molecular formula is C18H24N2O4. The Morgan fingerprint density at radius 1 is 1.29 bits per heavy atom. The molecule has 1 aromatic carbocycles. The van der Waals surface area contributed by atoms with Gasteiger partial charge in [-0.05, 0) is 23.5 Å². The van der Waals surface area contributed by atoms with Crippen molar-refractivity contribution in [3.63, 3.8) is 0 Å². The highest BCUT2D eigenvalue weighted by Gasteiger charge is 2.33. The number of nitrogens with zero attached hydrogens (tertiary/aromatic N) is 1. The summed E-state index contributed by atoms with van der Waals surface area (Å²) >= 11 is 0. The monoisotopic (exact) mass is 332 g/mol. The highest BCUT2D eigenvalue weighted by atomic mass is 16.4. The summed E-state index contributed by atoms with van der Waals surface area (Å²) in [6.45, 7) is 3.72. The summed E-state index contributed by atoms with van der Waals surface area (Å²) < 4.78 is 0. The third-order valence-corrected chi connectivity index (χ3v) is 4.55. The normalized spacial score (nSPS) is 19.3. The van der Waals surface area contributed by atoms with Crippen LogP contribution in [0, 0.1) is 5.92 Å². The van der Waals surface area contributed by atoms with Crippen LogP contribution in [-0.2, 0) is 27.3 Å². The lowest BCUT2D eigenvalue weighted by Crippen LogP contribution is -2.48. The van der Waals surface area contributed by atoms with Crippen LogP contribution in [0.1, 0.15) is 37.8 Å². The number of ketones is 1. The number of hydrogen-bond acceptors (Lipinski definition) is 4. The van der Waals surface area contributed by atoms with Gasteiger partial charge in [0.05, 0.1) is 6.04 Å². The van der Waals surface area contributed by atoms with Crippen LogP contribution in [0.3, 0.4) is 0 Å². The van der Waals surface area contributed by atoms with Crippen LogP contribution in [0.15, 0.2) is 24.3 Å². The number of Topliss-reactive ketones (excluding diaryl/α,β-unsaturated/α-hetero) is 1. The minimum Gasteiger partial charge on any atom is -0.480 e. The molecule has 3 N–H and O–H groups in total. The molecule has 0 aliphatic carbocycles. The summed E-state index contributed by atoms with van der Waals surface area (Å²) in [5, 5.41) is 8.87. The van der Waals surface area contributed by atoms with E-state index in [2.05, 4.69) is 0 Å². The maximum Gasteiger partial charge on any atom is 0.320 e. The van der Waals surface area contributed by atoms with E-state index in [0.717, 1.165) is 11.1 Å². The van der Waals surface area contributed by atoms with Gasteiger partial charge < -0.3 is 15.7 Å². The number of aliphatic carboxylic acids is 1. The van der Waals surface area contributed by atoms with Gasteiger partial charge in [0.15, 0.2) is 5.78 Å². The van der Waals surface area contributed by atoms with Crippen molar-refractivity contribution in [3.8, 4) is 0 Å². The third kappa shape index (κ3) is 4.20. The number of carboxylic acids is 1. The summed E-state index contributed by atoms with van der Waals surface area (Å²) in [6.07, 6.45) is 0.967. The molecule has 6 nitrogen and oxygen atoms in total. The van der Waals surface area contributed by atoms with Crippen molar-refractivity contribution in [1.29, 1.82) is 0 Å². The third-order valence-electron chi connectivity index (χ3n) is 4.55. The second-order valence-electron chi connectivity index (χ2n) is 6.59. The number of carbonyl (C=O) groups excluding carboxylic acids is 2. The van der Waals surface area contributed by atoms with E-state index in [-0.39, 0.29) is 30.4 Å². The van der Waals surface area contributed by atoms with Crippen molar-refractivity contribution in [1.82, 2.24) is 4.90 Å². The Kier molecular flexibility index (Phi) is 5.72. The molecule has 1 aromatic rings. The average Bonchev–Trinajstić information content (AvgIpc) is 2.53. The predicted octanol–water partition coefficient (Wildman–Crippen LogP) is 1.36. The van der Waals surface area contributed by atoms with E-state index in [9.17, 15) is 14.4 Å². The highest BCUT2D eigenvalue weighted by molar-refractivity contribution is 5.89. The molecule has 1 aliphatic heterocycles. The predicted molar refractivity (Wildman–Crippen MR) is 89.2 cm³/mol. The van der Waals surface area contributed by atoms with E-state index < -0.39 is 18.1 Å². The number of carboxylic acid groups (broad SMARTS) is 1. The Labute approximate surface area is 141 Å². The first kappa shape index (κ1) is 18.1. The van der Waals surface area contributed by atoms with Crippen LogP contribution < -0.4 is 5.73 Å². The summed E-state index contributed by atoms with van der Waals surface area (Å²) in [5.74, 6) is -1.37. The first-order valence-corrected chi connectivity index (χ1v) is 8.14. The molecule has 6 heteroatoms. The molecular weight excluding hydrogens is 308 g/mol. The number of amides is 1. The van der Waals surface area contributed by atoms with Crippen LogP contribution in [0.5, 0.6) is 0 Å². The van der Waals surface area contributed by atoms with E-state index in [1.807, 2.05) is 31.2 Å². The zero-order chi connectivity index (χ0) is 17.9. The molecule has 0 spiro atoms. The topological polar surface area (TPSA) is 101 Å². The summed E-state index contributed by atoms with van der Waals surface area (Å²) in [5.41, 5.74) is 7.69. The van der Waals surface area contributed by atoms with Crippen LogP contribution in [0.25, 0.3) is 0 Å². The zero-order valence-electron chi connectivity index (χ0n) is 14.1. The van der Waals surface area contributed by atoms with Gasteiger partial charge in [0.1, 0.15) is 6.04 Å². The van der Waals surface area contributed by atoms with Gasteiger partial charge >= 0.3 is 5.97 Å². The van der Waals surface area contributed by atoms with Gasteiger partial charge in [0.25, 0.3) is 0 Å². The smallest absolute Gasteiger partial charge is 0.320 e. The number of nitrogens with two attached hydrogens (primary N) is 1. The number of carbonyl (C=O) groups is 3. The minimum atomic E-state index is -1.06. The molecule has 2 rings (SSSR count). The second kappa shape index (κ2) is 7.57. The molecule has 0 aromatic heterocycles. The quantitative estimate of drug-likeness (QED) is 0.819. The van der Waals surface area contributed by atoms with Crippen molar-refractivity contribution >= 4 is 17.7 Å². The fourth-order valence-electron chi connectivity index (χ4n) is 3.24. The maximum atomic E-state index is 12.7. The molecule has 0 saturated heterocycles. The van der Waals surface area contributed by atoms with Gasteiger partial charge in [-0.3, -0.25) is 14.4 Å². The average molecular weight is 332 g/mol. The van der Waals surface area contributed by atoms with Gasteiger partial charge in [-0.15, -0.1) is 0 Å². The second-order valence-corrected chi connectivity index (χ2v) is 6.59. The van der Waals surface area contributed by atoms with Gasteiger partial charge in [-0.2, -0.15) is 0 Å². The molecule has 2 unspecified atom stereocenters. The lowest BCUT2D eigenvalue weighted by atomic mass is 9.87. The highest BCUT2D eigenvalue weighted by Crippen LogP contribution is 2.26. The van der Waals surface area contributed by atoms with Crippen molar-refractivity contribution < 1.29 is 19.5 Å². The summed E-state index contributed by atoms with van der Waals surface area (Å²) in [7, 11) is 0. The molecule has 1 amide bonds. The molecule has 1 heterocycles. The van der Waals surface area contributed by atoms with E-state index in [0.29, 0.717) is 13.0 Å². The van der Waals surface area contributed by atoms with E-state index in [1.165, 1.54) is 6.92 Å². The number of hydrogen-bond donors (Lipinski definition) is 2. The SMILES string of the molecule is CC(=O)N1Cc2ccccc2CC1C(=O)CC(C)C[C@H](N)C(=O)O. The minimum absolute atomic E-state index is 0.0372. The first-order valence-electron chi connectivity index (χ1n) is 8.14. The van der Waals surface area contributed by atoms with E-state index in [1.54, 1.807) is 4.90 Å². The molecule has 130 valence electrons. The van der Waals surface area contributed by atoms with Crippen molar-refractivity contribution in [2.75, 3.05) is 0 Å². The van der Waals surface area contributed by atoms with Crippen LogP contribution >= 0.6 is 0 Å². The Hall–Kier alpha value is -2.21. The summed E-state index contributed by atoms with van der Waals surface area (Å²) in [6, 6.07) is 6.36. The lowest BCUT2D eigenvalue weighted by molar-refractivity contribution is -0.140. The van der Waals surface area contributed by atoms with E-state index >= 15 is 0 Å². The maximum absolute atomic E-state index is 12.7. The zero-order valence-corrected chi connectivity index (χ0v) is 14.1.